The van der Waals surface area contributed by atoms with Gasteiger partial charge in [-0.1, -0.05) is 30.3 Å². The molecule has 0 aliphatic heterocycles. The number of phenols is 2. The van der Waals surface area contributed by atoms with Gasteiger partial charge in [0.25, 0.3) is 5.91 Å². The number of fused-ring (bicyclic) bond motifs is 1. The summed E-state index contributed by atoms with van der Waals surface area (Å²) < 4.78 is 0. The van der Waals surface area contributed by atoms with Crippen molar-refractivity contribution >= 4 is 12.0 Å². The van der Waals surface area contributed by atoms with E-state index in [1.807, 2.05) is 36.4 Å². The molecule has 0 saturated heterocycles. The smallest absolute Gasteiger partial charge is 0.262 e. The van der Waals surface area contributed by atoms with Crippen molar-refractivity contribution in [1.82, 2.24) is 5.32 Å². The molecule has 0 unspecified atom stereocenters. The third-order valence-corrected chi connectivity index (χ3v) is 4.60. The number of rotatable bonds is 4. The van der Waals surface area contributed by atoms with Gasteiger partial charge in [0.15, 0.2) is 11.5 Å². The molecule has 0 fully saturated rings. The molecule has 0 bridgehead atoms. The Hall–Kier alpha value is -3.26. The van der Waals surface area contributed by atoms with E-state index in [0.717, 1.165) is 30.4 Å². The maximum absolute atomic E-state index is 12.4. The Labute approximate surface area is 152 Å². The lowest BCUT2D eigenvalue weighted by Crippen LogP contribution is -2.24. The second-order valence-corrected chi connectivity index (χ2v) is 6.34. The Kier molecular flexibility index (Phi) is 5.23. The van der Waals surface area contributed by atoms with Gasteiger partial charge in [0, 0.05) is 12.1 Å². The van der Waals surface area contributed by atoms with Crippen molar-refractivity contribution in [2.45, 2.75) is 32.2 Å². The van der Waals surface area contributed by atoms with Gasteiger partial charge in [0.05, 0.1) is 0 Å². The predicted octanol–water partition coefficient (Wildman–Crippen LogP) is 3.20. The van der Waals surface area contributed by atoms with E-state index in [-0.39, 0.29) is 17.1 Å². The molecule has 0 radical (unpaired) electrons. The summed E-state index contributed by atoms with van der Waals surface area (Å²) in [6, 6.07) is 12.8. The van der Waals surface area contributed by atoms with E-state index in [9.17, 15) is 20.3 Å². The summed E-state index contributed by atoms with van der Waals surface area (Å²) in [5, 5.41) is 32.2. The van der Waals surface area contributed by atoms with Crippen LogP contribution < -0.4 is 5.32 Å². The summed E-state index contributed by atoms with van der Waals surface area (Å²) in [6.45, 7) is 0.331. The molecule has 3 rings (SSSR count). The fraction of sp³-hybridized carbons (Fsp3) is 0.238. The molecule has 0 heterocycles. The first kappa shape index (κ1) is 17.6. The monoisotopic (exact) mass is 348 g/mol. The first-order valence-electron chi connectivity index (χ1n) is 8.60. The summed E-state index contributed by atoms with van der Waals surface area (Å²) >= 11 is 0. The summed E-state index contributed by atoms with van der Waals surface area (Å²) in [5.74, 6) is -0.781. The van der Waals surface area contributed by atoms with Crippen molar-refractivity contribution in [3.8, 4) is 17.6 Å². The first-order valence-corrected chi connectivity index (χ1v) is 8.60. The lowest BCUT2D eigenvalue weighted by Gasteiger charge is -2.20. The van der Waals surface area contributed by atoms with Crippen LogP contribution in [0.3, 0.4) is 0 Å². The van der Waals surface area contributed by atoms with Crippen molar-refractivity contribution in [3.63, 3.8) is 0 Å². The van der Waals surface area contributed by atoms with E-state index in [2.05, 4.69) is 5.32 Å². The van der Waals surface area contributed by atoms with Crippen molar-refractivity contribution in [3.05, 3.63) is 64.2 Å². The largest absolute Gasteiger partial charge is 0.504 e. The zero-order valence-electron chi connectivity index (χ0n) is 14.3. The third kappa shape index (κ3) is 3.70. The lowest BCUT2D eigenvalue weighted by atomic mass is 9.86. The highest BCUT2D eigenvalue weighted by Crippen LogP contribution is 2.39. The molecule has 132 valence electrons. The zero-order valence-corrected chi connectivity index (χ0v) is 14.3. The number of hydrogen-bond acceptors (Lipinski definition) is 4. The number of nitrogens with zero attached hydrogens (tertiary/aromatic N) is 1. The van der Waals surface area contributed by atoms with E-state index in [0.29, 0.717) is 24.1 Å². The number of carbonyl (C=O) groups excluding carboxylic acids is 1. The number of amides is 1. The highest BCUT2D eigenvalue weighted by atomic mass is 16.3. The van der Waals surface area contributed by atoms with Gasteiger partial charge in [-0.2, -0.15) is 5.26 Å². The molecule has 0 saturated carbocycles. The van der Waals surface area contributed by atoms with Gasteiger partial charge in [0.1, 0.15) is 11.6 Å². The van der Waals surface area contributed by atoms with Gasteiger partial charge < -0.3 is 15.5 Å². The van der Waals surface area contributed by atoms with Crippen molar-refractivity contribution in [1.29, 1.82) is 5.26 Å². The summed E-state index contributed by atoms with van der Waals surface area (Å²) in [5.41, 5.74) is 3.14. The normalized spacial score (nSPS) is 13.6. The van der Waals surface area contributed by atoms with Gasteiger partial charge in [-0.25, -0.2) is 0 Å². The molecule has 1 aliphatic carbocycles. The molecule has 0 atom stereocenters. The second-order valence-electron chi connectivity index (χ2n) is 6.34. The van der Waals surface area contributed by atoms with Crippen LogP contribution in [0.5, 0.6) is 11.5 Å². The van der Waals surface area contributed by atoms with Crippen LogP contribution in [0.25, 0.3) is 6.08 Å². The van der Waals surface area contributed by atoms with Crippen LogP contribution in [0.2, 0.25) is 0 Å². The van der Waals surface area contributed by atoms with E-state index in [4.69, 9.17) is 0 Å². The summed E-state index contributed by atoms with van der Waals surface area (Å²) in [6.07, 6.45) is 4.83. The van der Waals surface area contributed by atoms with Crippen LogP contribution in [0.4, 0.5) is 0 Å². The average Bonchev–Trinajstić information content (AvgIpc) is 2.68. The number of hydrogen-bond donors (Lipinski definition) is 3. The standard InChI is InChI=1S/C21H20N2O3/c22-12-16(21(26)23-13-14-6-2-1-3-7-14)10-15-11-19(24)20(25)18-9-5-4-8-17(15)18/h1-3,6-7,10-11,24-25H,4-5,8-9,13H2,(H,23,26). The van der Waals surface area contributed by atoms with E-state index in [1.165, 1.54) is 12.1 Å². The average molecular weight is 348 g/mol. The van der Waals surface area contributed by atoms with Crippen molar-refractivity contribution in [2.75, 3.05) is 0 Å². The SMILES string of the molecule is N#CC(=Cc1cc(O)c(O)c2c1CCCC2)C(=O)NCc1ccccc1. The van der Waals surface area contributed by atoms with Gasteiger partial charge in [-0.3, -0.25) is 4.79 Å². The van der Waals surface area contributed by atoms with Crippen LogP contribution in [0.1, 0.15) is 35.1 Å². The number of nitriles is 1. The highest BCUT2D eigenvalue weighted by molar-refractivity contribution is 6.02. The van der Waals surface area contributed by atoms with Crippen LogP contribution in [0, 0.1) is 11.3 Å². The van der Waals surface area contributed by atoms with Gasteiger partial charge in [-0.05, 0) is 54.5 Å². The third-order valence-electron chi connectivity index (χ3n) is 4.60. The predicted molar refractivity (Wildman–Crippen MR) is 98.3 cm³/mol. The summed E-state index contributed by atoms with van der Waals surface area (Å²) in [7, 11) is 0. The molecule has 5 heteroatoms. The minimum absolute atomic E-state index is 0.0289. The minimum Gasteiger partial charge on any atom is -0.504 e. The molecular weight excluding hydrogens is 328 g/mol. The van der Waals surface area contributed by atoms with Gasteiger partial charge in [-0.15, -0.1) is 0 Å². The molecule has 1 aliphatic rings. The Morgan fingerprint density at radius 1 is 1.15 bits per heavy atom. The fourth-order valence-electron chi connectivity index (χ4n) is 3.25. The number of carbonyl (C=O) groups is 1. The van der Waals surface area contributed by atoms with Crippen LogP contribution in [-0.2, 0) is 24.2 Å². The molecule has 2 aromatic carbocycles. The molecule has 3 N–H and O–H groups in total. The molecule has 0 spiro atoms. The minimum atomic E-state index is -0.464. The van der Waals surface area contributed by atoms with Crippen LogP contribution in [0.15, 0.2) is 42.0 Å². The van der Waals surface area contributed by atoms with Gasteiger partial charge >= 0.3 is 0 Å². The number of nitrogens with one attached hydrogen (secondary N) is 1. The molecule has 0 aromatic heterocycles. The Morgan fingerprint density at radius 2 is 1.85 bits per heavy atom. The molecule has 2 aromatic rings. The van der Waals surface area contributed by atoms with Crippen LogP contribution >= 0.6 is 0 Å². The molecule has 5 nitrogen and oxygen atoms in total. The van der Waals surface area contributed by atoms with E-state index < -0.39 is 5.91 Å². The Morgan fingerprint density at radius 3 is 2.54 bits per heavy atom. The number of aromatic hydroxyl groups is 2. The fourth-order valence-corrected chi connectivity index (χ4v) is 3.25. The Bertz CT molecular complexity index is 896. The second kappa shape index (κ2) is 7.75. The van der Waals surface area contributed by atoms with Gasteiger partial charge in [0.2, 0.25) is 0 Å². The Balaban J connectivity index is 1.86. The maximum atomic E-state index is 12.4. The van der Waals surface area contributed by atoms with Crippen LogP contribution in [-0.4, -0.2) is 16.1 Å². The van der Waals surface area contributed by atoms with E-state index in [1.54, 1.807) is 0 Å². The quantitative estimate of drug-likeness (QED) is 0.449. The zero-order chi connectivity index (χ0) is 18.5. The van der Waals surface area contributed by atoms with E-state index >= 15 is 0 Å². The molecular formula is C21H20N2O3. The number of benzene rings is 2. The first-order chi connectivity index (χ1) is 12.6. The molecule has 26 heavy (non-hydrogen) atoms. The number of phenolic OH excluding ortho intramolecular Hbond substituents is 2. The topological polar surface area (TPSA) is 93.3 Å². The molecule has 1 amide bonds. The lowest BCUT2D eigenvalue weighted by molar-refractivity contribution is -0.117. The highest BCUT2D eigenvalue weighted by Gasteiger charge is 2.20. The maximum Gasteiger partial charge on any atom is 0.262 e. The van der Waals surface area contributed by atoms with Crippen molar-refractivity contribution < 1.29 is 15.0 Å². The van der Waals surface area contributed by atoms with Crippen molar-refractivity contribution in [2.24, 2.45) is 0 Å². The summed E-state index contributed by atoms with van der Waals surface area (Å²) in [4.78, 5) is 12.4.